The number of primary amides is 1. The van der Waals surface area contributed by atoms with Crippen molar-refractivity contribution in [3.05, 3.63) is 35.4 Å². The van der Waals surface area contributed by atoms with E-state index in [1.165, 1.54) is 19.3 Å². The molecule has 0 spiro atoms. The van der Waals surface area contributed by atoms with E-state index in [2.05, 4.69) is 23.2 Å². The maximum absolute atomic E-state index is 11.3. The average Bonchev–Trinajstić information content (AvgIpc) is 2.49. The number of hydrogen-bond donors (Lipinski definition) is 2. The molecule has 1 unspecified atom stereocenters. The highest BCUT2D eigenvalue weighted by atomic mass is 16.1. The fourth-order valence-corrected chi connectivity index (χ4v) is 3.02. The molecule has 1 aliphatic heterocycles. The van der Waals surface area contributed by atoms with Crippen molar-refractivity contribution < 1.29 is 4.79 Å². The second-order valence-electron chi connectivity index (χ2n) is 5.95. The number of nitrogens with one attached hydrogen (secondary N) is 1. The van der Waals surface area contributed by atoms with E-state index in [-0.39, 0.29) is 5.91 Å². The van der Waals surface area contributed by atoms with Crippen molar-refractivity contribution in [1.29, 1.82) is 0 Å². The Bertz CT molecular complexity index is 455. The lowest BCUT2D eigenvalue weighted by molar-refractivity contribution is 0.1000. The summed E-state index contributed by atoms with van der Waals surface area (Å²) in [6.07, 6.45) is 5.03. The summed E-state index contributed by atoms with van der Waals surface area (Å²) < 4.78 is 0. The minimum atomic E-state index is -0.354. The molecule has 0 aromatic heterocycles. The summed E-state index contributed by atoms with van der Waals surface area (Å²) in [6.45, 7) is 6.39. The van der Waals surface area contributed by atoms with Crippen LogP contribution in [-0.2, 0) is 6.54 Å². The summed E-state index contributed by atoms with van der Waals surface area (Å²) in [4.78, 5) is 13.8. The Morgan fingerprint density at radius 2 is 2.29 bits per heavy atom. The number of piperidine rings is 1. The van der Waals surface area contributed by atoms with Crippen LogP contribution < -0.4 is 11.1 Å². The van der Waals surface area contributed by atoms with E-state index in [0.717, 1.165) is 38.2 Å². The molecule has 2 rings (SSSR count). The van der Waals surface area contributed by atoms with E-state index < -0.39 is 0 Å². The van der Waals surface area contributed by atoms with Crippen LogP contribution in [0.25, 0.3) is 0 Å². The van der Waals surface area contributed by atoms with Crippen molar-refractivity contribution in [2.24, 2.45) is 5.73 Å². The van der Waals surface area contributed by atoms with Crippen molar-refractivity contribution in [2.75, 3.05) is 19.6 Å². The Kier molecular flexibility index (Phi) is 6.21. The average molecular weight is 289 g/mol. The number of amides is 1. The molecule has 1 fully saturated rings. The molecule has 0 aliphatic carbocycles. The SMILES string of the molecule is CCCN(Cc1cccc(C(N)=O)c1)CC1CCCCN1. The fourth-order valence-electron chi connectivity index (χ4n) is 3.02. The van der Waals surface area contributed by atoms with Crippen molar-refractivity contribution in [3.8, 4) is 0 Å². The van der Waals surface area contributed by atoms with Gasteiger partial charge in [0.2, 0.25) is 5.91 Å². The summed E-state index contributed by atoms with van der Waals surface area (Å²) in [7, 11) is 0. The van der Waals surface area contributed by atoms with Gasteiger partial charge in [0.1, 0.15) is 0 Å². The zero-order valence-corrected chi connectivity index (χ0v) is 13.0. The number of hydrogen-bond acceptors (Lipinski definition) is 3. The number of nitrogens with two attached hydrogens (primary N) is 1. The molecule has 0 saturated carbocycles. The topological polar surface area (TPSA) is 58.4 Å². The van der Waals surface area contributed by atoms with Gasteiger partial charge in [0, 0.05) is 24.7 Å². The van der Waals surface area contributed by atoms with Gasteiger partial charge in [0.15, 0.2) is 0 Å². The van der Waals surface area contributed by atoms with E-state index in [1.807, 2.05) is 12.1 Å². The molecule has 1 atom stereocenters. The molecule has 1 amide bonds. The largest absolute Gasteiger partial charge is 0.366 e. The molecule has 3 N–H and O–H groups in total. The van der Waals surface area contributed by atoms with Gasteiger partial charge in [-0.1, -0.05) is 25.5 Å². The minimum Gasteiger partial charge on any atom is -0.366 e. The summed E-state index contributed by atoms with van der Waals surface area (Å²) in [6, 6.07) is 8.28. The normalized spacial score (nSPS) is 18.9. The zero-order chi connectivity index (χ0) is 15.1. The number of carbonyl (C=O) groups is 1. The van der Waals surface area contributed by atoms with E-state index in [1.54, 1.807) is 6.07 Å². The molecular weight excluding hydrogens is 262 g/mol. The molecule has 0 radical (unpaired) electrons. The Balaban J connectivity index is 1.97. The van der Waals surface area contributed by atoms with Crippen LogP contribution in [0.5, 0.6) is 0 Å². The van der Waals surface area contributed by atoms with Crippen molar-refractivity contribution >= 4 is 5.91 Å². The maximum Gasteiger partial charge on any atom is 0.248 e. The summed E-state index contributed by atoms with van der Waals surface area (Å²) >= 11 is 0. The van der Waals surface area contributed by atoms with Gasteiger partial charge in [0.05, 0.1) is 0 Å². The summed E-state index contributed by atoms with van der Waals surface area (Å²) in [5.74, 6) is -0.354. The highest BCUT2D eigenvalue weighted by Crippen LogP contribution is 2.13. The van der Waals surface area contributed by atoms with Crippen LogP contribution in [0.15, 0.2) is 24.3 Å². The first-order valence-electron chi connectivity index (χ1n) is 8.03. The predicted octanol–water partition coefficient (Wildman–Crippen LogP) is 2.14. The summed E-state index contributed by atoms with van der Waals surface area (Å²) in [5, 5.41) is 3.61. The Morgan fingerprint density at radius 1 is 1.43 bits per heavy atom. The van der Waals surface area contributed by atoms with Crippen LogP contribution in [0.1, 0.15) is 48.5 Å². The minimum absolute atomic E-state index is 0.354. The second kappa shape index (κ2) is 8.15. The molecule has 1 aromatic rings. The van der Waals surface area contributed by atoms with Crippen LogP contribution in [0.4, 0.5) is 0 Å². The van der Waals surface area contributed by atoms with E-state index in [0.29, 0.717) is 11.6 Å². The zero-order valence-electron chi connectivity index (χ0n) is 13.0. The Labute approximate surface area is 127 Å². The van der Waals surface area contributed by atoms with Gasteiger partial charge in [-0.05, 0) is 50.0 Å². The monoisotopic (exact) mass is 289 g/mol. The van der Waals surface area contributed by atoms with Gasteiger partial charge in [-0.3, -0.25) is 9.69 Å². The van der Waals surface area contributed by atoms with Crippen LogP contribution in [0.2, 0.25) is 0 Å². The van der Waals surface area contributed by atoms with Gasteiger partial charge < -0.3 is 11.1 Å². The standard InChI is InChI=1S/C17H27N3O/c1-2-10-20(13-16-8-3-4-9-19-16)12-14-6-5-7-15(11-14)17(18)21/h5-7,11,16,19H,2-4,8-10,12-13H2,1H3,(H2,18,21). The van der Waals surface area contributed by atoms with E-state index in [9.17, 15) is 4.79 Å². The fraction of sp³-hybridized carbons (Fsp3) is 0.588. The lowest BCUT2D eigenvalue weighted by Crippen LogP contribution is -2.43. The third-order valence-electron chi connectivity index (χ3n) is 4.05. The number of carbonyl (C=O) groups excluding carboxylic acids is 1. The molecule has 4 nitrogen and oxygen atoms in total. The van der Waals surface area contributed by atoms with Crippen LogP contribution in [-0.4, -0.2) is 36.5 Å². The van der Waals surface area contributed by atoms with Crippen molar-refractivity contribution in [2.45, 2.75) is 45.2 Å². The van der Waals surface area contributed by atoms with Crippen LogP contribution in [0.3, 0.4) is 0 Å². The number of nitrogens with zero attached hydrogens (tertiary/aromatic N) is 1. The molecule has 1 aromatic carbocycles. The van der Waals surface area contributed by atoms with Gasteiger partial charge in [-0.25, -0.2) is 0 Å². The van der Waals surface area contributed by atoms with Crippen molar-refractivity contribution in [3.63, 3.8) is 0 Å². The molecule has 116 valence electrons. The van der Waals surface area contributed by atoms with Crippen molar-refractivity contribution in [1.82, 2.24) is 10.2 Å². The maximum atomic E-state index is 11.3. The number of benzene rings is 1. The summed E-state index contributed by atoms with van der Waals surface area (Å²) in [5.41, 5.74) is 7.12. The van der Waals surface area contributed by atoms with Gasteiger partial charge >= 0.3 is 0 Å². The lowest BCUT2D eigenvalue weighted by atomic mass is 10.0. The van der Waals surface area contributed by atoms with Crippen LogP contribution >= 0.6 is 0 Å². The van der Waals surface area contributed by atoms with Gasteiger partial charge in [-0.2, -0.15) is 0 Å². The molecular formula is C17H27N3O. The molecule has 1 saturated heterocycles. The van der Waals surface area contributed by atoms with Gasteiger partial charge in [0.25, 0.3) is 0 Å². The number of rotatable bonds is 7. The predicted molar refractivity (Wildman–Crippen MR) is 86.2 cm³/mol. The molecule has 4 heteroatoms. The smallest absolute Gasteiger partial charge is 0.248 e. The molecule has 1 heterocycles. The Hall–Kier alpha value is -1.39. The van der Waals surface area contributed by atoms with Gasteiger partial charge in [-0.15, -0.1) is 0 Å². The first-order valence-corrected chi connectivity index (χ1v) is 8.03. The first-order chi connectivity index (χ1) is 10.2. The third kappa shape index (κ3) is 5.14. The van der Waals surface area contributed by atoms with Crippen LogP contribution in [0, 0.1) is 0 Å². The Morgan fingerprint density at radius 3 is 2.95 bits per heavy atom. The highest BCUT2D eigenvalue weighted by Gasteiger charge is 2.16. The molecule has 1 aliphatic rings. The van der Waals surface area contributed by atoms with E-state index in [4.69, 9.17) is 5.73 Å². The highest BCUT2D eigenvalue weighted by molar-refractivity contribution is 5.92. The molecule has 0 bridgehead atoms. The van der Waals surface area contributed by atoms with E-state index >= 15 is 0 Å². The third-order valence-corrected chi connectivity index (χ3v) is 4.05. The lowest BCUT2D eigenvalue weighted by Gasteiger charge is -2.30. The first kappa shape index (κ1) is 16.0. The quantitative estimate of drug-likeness (QED) is 0.808. The second-order valence-corrected chi connectivity index (χ2v) is 5.95. The molecule has 21 heavy (non-hydrogen) atoms.